The number of aryl methyl sites for hydroxylation is 2. The fraction of sp³-hybridized carbons (Fsp3) is 0.0714. The Balaban J connectivity index is 1.42. The summed E-state index contributed by atoms with van der Waals surface area (Å²) in [6.45, 7) is 4.09. The van der Waals surface area contributed by atoms with Gasteiger partial charge in [0.2, 0.25) is 0 Å². The quantitative estimate of drug-likeness (QED) is 0.186. The molecule has 0 saturated heterocycles. The Morgan fingerprint density at radius 1 is 0.528 bits per heavy atom. The molecule has 4 nitrogen and oxygen atoms in total. The molecule has 0 aliphatic heterocycles. The van der Waals surface area contributed by atoms with E-state index in [-0.39, 0.29) is 0 Å². The number of rotatable bonds is 5. The molecule has 0 aliphatic rings. The average molecular weight is 552 g/mol. The summed E-state index contributed by atoms with van der Waals surface area (Å²) in [5, 5.41) is 15.0. The predicted molar refractivity (Wildman–Crippen MR) is 164 cm³/mol. The van der Waals surface area contributed by atoms with Crippen molar-refractivity contribution in [2.45, 2.75) is 13.8 Å². The maximum absolute atomic E-state index is 6.22. The standard InChI is InChI=1S/C28H24Cl2N4S2/c1-17-15-19(11-13-23(17)31-27(35)33-25-9-5-3-7-21(25)29)20-12-14-24(18(2)16-20)32-28(36)34-26-10-6-4-8-22(26)30/h3-16H,1-2H3,(H2,31,33,35)(H2,32,34,36). The third kappa shape index (κ3) is 6.53. The summed E-state index contributed by atoms with van der Waals surface area (Å²) in [4.78, 5) is 0. The van der Waals surface area contributed by atoms with E-state index >= 15 is 0 Å². The van der Waals surface area contributed by atoms with Gasteiger partial charge in [-0.3, -0.25) is 0 Å². The van der Waals surface area contributed by atoms with Crippen LogP contribution in [0.1, 0.15) is 11.1 Å². The van der Waals surface area contributed by atoms with E-state index in [1.807, 2.05) is 74.5 Å². The van der Waals surface area contributed by atoms with Crippen LogP contribution in [0.25, 0.3) is 11.1 Å². The lowest BCUT2D eigenvalue weighted by Gasteiger charge is -2.16. The summed E-state index contributed by atoms with van der Waals surface area (Å²) in [6, 6.07) is 27.4. The Bertz CT molecular complexity index is 1330. The van der Waals surface area contributed by atoms with E-state index in [1.54, 1.807) is 0 Å². The van der Waals surface area contributed by atoms with E-state index in [0.717, 1.165) is 45.0 Å². The normalized spacial score (nSPS) is 10.4. The number of thiocarbonyl (C=S) groups is 2. The number of hydrogen-bond acceptors (Lipinski definition) is 2. The molecule has 4 aromatic rings. The third-order valence-electron chi connectivity index (χ3n) is 5.53. The molecule has 0 radical (unpaired) electrons. The molecule has 182 valence electrons. The van der Waals surface area contributed by atoms with Crippen LogP contribution in [0.15, 0.2) is 84.9 Å². The van der Waals surface area contributed by atoms with Crippen molar-refractivity contribution in [2.24, 2.45) is 0 Å². The molecule has 4 N–H and O–H groups in total. The molecule has 8 heteroatoms. The predicted octanol–water partition coefficient (Wildman–Crippen LogP) is 8.90. The molecule has 4 aromatic carbocycles. The number of nitrogens with one attached hydrogen (secondary N) is 4. The van der Waals surface area contributed by atoms with Crippen molar-refractivity contribution in [1.29, 1.82) is 0 Å². The van der Waals surface area contributed by atoms with E-state index in [1.165, 1.54) is 0 Å². The Labute approximate surface area is 232 Å². The summed E-state index contributed by atoms with van der Waals surface area (Å²) in [5.41, 5.74) is 7.72. The third-order valence-corrected chi connectivity index (χ3v) is 6.59. The highest BCUT2D eigenvalue weighted by atomic mass is 35.5. The van der Waals surface area contributed by atoms with Gasteiger partial charge in [-0.05, 0) is 109 Å². The number of para-hydroxylation sites is 2. The van der Waals surface area contributed by atoms with Gasteiger partial charge in [-0.1, -0.05) is 59.6 Å². The topological polar surface area (TPSA) is 48.1 Å². The van der Waals surface area contributed by atoms with Gasteiger partial charge in [0.1, 0.15) is 0 Å². The smallest absolute Gasteiger partial charge is 0.175 e. The minimum atomic E-state index is 0.478. The molecule has 4 rings (SSSR count). The van der Waals surface area contributed by atoms with Crippen LogP contribution in [-0.2, 0) is 0 Å². The first kappa shape index (κ1) is 25.9. The van der Waals surface area contributed by atoms with Gasteiger partial charge in [0.15, 0.2) is 10.2 Å². The summed E-state index contributed by atoms with van der Waals surface area (Å²) in [7, 11) is 0. The summed E-state index contributed by atoms with van der Waals surface area (Å²) in [5.74, 6) is 0. The van der Waals surface area contributed by atoms with Gasteiger partial charge >= 0.3 is 0 Å². The average Bonchev–Trinajstić information content (AvgIpc) is 2.84. The number of benzene rings is 4. The molecule has 0 fully saturated rings. The van der Waals surface area contributed by atoms with Crippen LogP contribution in [0.4, 0.5) is 22.7 Å². The zero-order chi connectivity index (χ0) is 25.7. The second-order valence-corrected chi connectivity index (χ2v) is 9.81. The summed E-state index contributed by atoms with van der Waals surface area (Å²) in [6.07, 6.45) is 0. The number of halogens is 2. The van der Waals surface area contributed by atoms with E-state index in [2.05, 4.69) is 45.5 Å². The fourth-order valence-corrected chi connectivity index (χ4v) is 4.45. The maximum atomic E-state index is 6.22. The van der Waals surface area contributed by atoms with Crippen LogP contribution in [-0.4, -0.2) is 10.2 Å². The molecule has 0 spiro atoms. The Hall–Kier alpha value is -3.16. The lowest BCUT2D eigenvalue weighted by atomic mass is 10.00. The lowest BCUT2D eigenvalue weighted by Crippen LogP contribution is -2.20. The molecule has 0 unspecified atom stereocenters. The van der Waals surface area contributed by atoms with Gasteiger partial charge < -0.3 is 21.3 Å². The van der Waals surface area contributed by atoms with Crippen molar-refractivity contribution >= 4 is 80.6 Å². The molecule has 0 amide bonds. The van der Waals surface area contributed by atoms with Crippen molar-refractivity contribution < 1.29 is 0 Å². The first-order valence-electron chi connectivity index (χ1n) is 11.2. The Kier molecular flexibility index (Phi) is 8.44. The molecular weight excluding hydrogens is 527 g/mol. The molecule has 0 aromatic heterocycles. The number of anilines is 4. The molecule has 0 aliphatic carbocycles. The zero-order valence-corrected chi connectivity index (χ0v) is 22.8. The minimum absolute atomic E-state index is 0.478. The molecule has 0 saturated carbocycles. The van der Waals surface area contributed by atoms with Crippen molar-refractivity contribution in [3.05, 3.63) is 106 Å². The van der Waals surface area contributed by atoms with Gasteiger partial charge in [-0.2, -0.15) is 0 Å². The van der Waals surface area contributed by atoms with Crippen LogP contribution in [0.3, 0.4) is 0 Å². The monoisotopic (exact) mass is 550 g/mol. The second-order valence-electron chi connectivity index (χ2n) is 8.18. The van der Waals surface area contributed by atoms with Gasteiger partial charge in [-0.15, -0.1) is 0 Å². The van der Waals surface area contributed by atoms with Crippen LogP contribution in [0.5, 0.6) is 0 Å². The molecule has 0 atom stereocenters. The van der Waals surface area contributed by atoms with E-state index < -0.39 is 0 Å². The highest BCUT2D eigenvalue weighted by Gasteiger charge is 2.09. The first-order valence-corrected chi connectivity index (χ1v) is 12.7. The maximum Gasteiger partial charge on any atom is 0.175 e. The van der Waals surface area contributed by atoms with Gasteiger partial charge in [0.05, 0.1) is 21.4 Å². The van der Waals surface area contributed by atoms with E-state index in [9.17, 15) is 0 Å². The van der Waals surface area contributed by atoms with Gasteiger partial charge in [-0.25, -0.2) is 0 Å². The summed E-state index contributed by atoms with van der Waals surface area (Å²) >= 11 is 23.4. The van der Waals surface area contributed by atoms with E-state index in [0.29, 0.717) is 20.3 Å². The van der Waals surface area contributed by atoms with Crippen LogP contribution in [0.2, 0.25) is 10.0 Å². The first-order chi connectivity index (χ1) is 17.3. The summed E-state index contributed by atoms with van der Waals surface area (Å²) < 4.78 is 0. The van der Waals surface area contributed by atoms with Gasteiger partial charge in [0.25, 0.3) is 0 Å². The second kappa shape index (κ2) is 11.7. The number of hydrogen-bond donors (Lipinski definition) is 4. The fourth-order valence-electron chi connectivity index (χ4n) is 3.64. The Morgan fingerprint density at radius 3 is 1.25 bits per heavy atom. The van der Waals surface area contributed by atoms with Gasteiger partial charge in [0, 0.05) is 11.4 Å². The van der Waals surface area contributed by atoms with Crippen LogP contribution in [0, 0.1) is 13.8 Å². The highest BCUT2D eigenvalue weighted by Crippen LogP contribution is 2.29. The Morgan fingerprint density at radius 2 is 0.889 bits per heavy atom. The van der Waals surface area contributed by atoms with Crippen molar-refractivity contribution in [2.75, 3.05) is 21.3 Å². The lowest BCUT2D eigenvalue weighted by molar-refractivity contribution is 1.42. The molecular formula is C28H24Cl2N4S2. The largest absolute Gasteiger partial charge is 0.332 e. The molecule has 0 bridgehead atoms. The van der Waals surface area contributed by atoms with Crippen molar-refractivity contribution in [1.82, 2.24) is 0 Å². The SMILES string of the molecule is Cc1cc(-c2ccc(NC(=S)Nc3ccccc3Cl)c(C)c2)ccc1NC(=S)Nc1ccccc1Cl. The highest BCUT2D eigenvalue weighted by molar-refractivity contribution is 7.81. The minimum Gasteiger partial charge on any atom is -0.332 e. The van der Waals surface area contributed by atoms with Crippen LogP contribution >= 0.6 is 47.6 Å². The molecule has 0 heterocycles. The van der Waals surface area contributed by atoms with Crippen LogP contribution < -0.4 is 21.3 Å². The molecule has 36 heavy (non-hydrogen) atoms. The van der Waals surface area contributed by atoms with E-state index in [4.69, 9.17) is 47.6 Å². The van der Waals surface area contributed by atoms with Crippen molar-refractivity contribution in [3.63, 3.8) is 0 Å². The van der Waals surface area contributed by atoms with Crippen molar-refractivity contribution in [3.8, 4) is 11.1 Å². The zero-order valence-electron chi connectivity index (χ0n) is 19.7.